The summed E-state index contributed by atoms with van der Waals surface area (Å²) in [5.74, 6) is 0.622. The van der Waals surface area contributed by atoms with Crippen LogP contribution in [0.15, 0.2) is 42.6 Å². The first kappa shape index (κ1) is 16.8. The number of benzene rings is 1. The van der Waals surface area contributed by atoms with Gasteiger partial charge in [-0.1, -0.05) is 18.2 Å². The first-order valence-electron chi connectivity index (χ1n) is 8.96. The molecule has 2 aromatic rings. The topological polar surface area (TPSA) is 63.7 Å². The molecule has 7 nitrogen and oxygen atoms in total. The van der Waals surface area contributed by atoms with Crippen LogP contribution in [-0.2, 0) is 6.54 Å². The molecule has 1 atom stereocenters. The molecular weight excluding hydrogens is 328 g/mol. The number of urea groups is 1. The minimum atomic E-state index is -0.183. The van der Waals surface area contributed by atoms with Gasteiger partial charge in [0, 0.05) is 38.4 Å². The smallest absolute Gasteiger partial charge is 0.342 e. The maximum Gasteiger partial charge on any atom is 0.342 e. The van der Waals surface area contributed by atoms with E-state index in [1.54, 1.807) is 11.1 Å². The minimum Gasteiger partial charge on any atom is -0.378 e. The van der Waals surface area contributed by atoms with Gasteiger partial charge < -0.3 is 10.2 Å². The van der Waals surface area contributed by atoms with Crippen LogP contribution in [0.5, 0.6) is 0 Å². The van der Waals surface area contributed by atoms with Crippen LogP contribution in [-0.4, -0.2) is 53.6 Å². The van der Waals surface area contributed by atoms with E-state index in [0.29, 0.717) is 12.4 Å². The number of amides is 2. The molecule has 2 aliphatic rings. The van der Waals surface area contributed by atoms with Crippen molar-refractivity contribution in [2.45, 2.75) is 19.5 Å². The van der Waals surface area contributed by atoms with E-state index >= 15 is 0 Å². The molecule has 2 aliphatic heterocycles. The van der Waals surface area contributed by atoms with Crippen molar-refractivity contribution < 1.29 is 4.79 Å². The lowest BCUT2D eigenvalue weighted by atomic mass is 10.1. The van der Waals surface area contributed by atoms with Gasteiger partial charge in [-0.3, -0.25) is 5.43 Å². The van der Waals surface area contributed by atoms with Gasteiger partial charge in [0.05, 0.1) is 11.4 Å². The summed E-state index contributed by atoms with van der Waals surface area (Å²) in [7, 11) is 2.10. The lowest BCUT2D eigenvalue weighted by Gasteiger charge is -2.39. The summed E-state index contributed by atoms with van der Waals surface area (Å²) < 4.78 is 0. The summed E-state index contributed by atoms with van der Waals surface area (Å²) in [6, 6.07) is 11.8. The largest absolute Gasteiger partial charge is 0.378 e. The third kappa shape index (κ3) is 3.11. The minimum absolute atomic E-state index is 0.183. The van der Waals surface area contributed by atoms with Crippen LogP contribution in [0, 0.1) is 0 Å². The summed E-state index contributed by atoms with van der Waals surface area (Å²) in [6.45, 7) is 5.43. The van der Waals surface area contributed by atoms with Gasteiger partial charge in [-0.15, -0.1) is 0 Å². The molecule has 0 saturated carbocycles. The molecule has 4 rings (SSSR count). The SMILES string of the molecule is CC1CN(C)CCN1NC(=O)N1c2ccccc2CNc2cccnc21. The molecule has 136 valence electrons. The molecule has 1 saturated heterocycles. The van der Waals surface area contributed by atoms with Gasteiger partial charge in [0.1, 0.15) is 0 Å². The van der Waals surface area contributed by atoms with Crippen LogP contribution in [0.2, 0.25) is 0 Å². The number of nitrogens with zero attached hydrogens (tertiary/aromatic N) is 4. The number of rotatable bonds is 1. The Morgan fingerprint density at radius 2 is 2.08 bits per heavy atom. The Bertz CT molecular complexity index is 763. The van der Waals surface area contributed by atoms with E-state index in [-0.39, 0.29) is 12.1 Å². The van der Waals surface area contributed by atoms with E-state index < -0.39 is 0 Å². The van der Waals surface area contributed by atoms with Crippen LogP contribution in [0.1, 0.15) is 12.5 Å². The van der Waals surface area contributed by atoms with E-state index in [4.69, 9.17) is 0 Å². The monoisotopic (exact) mass is 352 g/mol. The molecule has 1 fully saturated rings. The Hall–Kier alpha value is -2.64. The number of hydrazine groups is 1. The zero-order chi connectivity index (χ0) is 18.1. The highest BCUT2D eigenvalue weighted by Crippen LogP contribution is 2.36. The second-order valence-electron chi connectivity index (χ2n) is 6.91. The number of piperazine rings is 1. The standard InChI is InChI=1S/C19H24N6O/c1-14-13-23(2)10-11-24(14)22-19(26)25-17-8-4-3-6-15(17)12-21-16-7-5-9-20-18(16)25/h3-9,14,21H,10-13H2,1-2H3,(H,22,26). The van der Waals surface area contributed by atoms with Crippen LogP contribution in [0.4, 0.5) is 22.0 Å². The lowest BCUT2D eigenvalue weighted by molar-refractivity contribution is 0.0666. The zero-order valence-electron chi connectivity index (χ0n) is 15.1. The zero-order valence-corrected chi connectivity index (χ0v) is 15.1. The van der Waals surface area contributed by atoms with E-state index in [1.807, 2.05) is 41.4 Å². The highest BCUT2D eigenvalue weighted by Gasteiger charge is 2.30. The molecule has 26 heavy (non-hydrogen) atoms. The Morgan fingerprint density at radius 1 is 1.23 bits per heavy atom. The Kier molecular flexibility index (Phi) is 4.48. The maximum atomic E-state index is 13.3. The normalized spacial score (nSPS) is 20.5. The molecule has 1 aromatic carbocycles. The number of carbonyl (C=O) groups excluding carboxylic acids is 1. The van der Waals surface area contributed by atoms with Crippen molar-refractivity contribution in [1.82, 2.24) is 20.3 Å². The fourth-order valence-electron chi connectivity index (χ4n) is 3.58. The van der Waals surface area contributed by atoms with Crippen molar-refractivity contribution in [3.05, 3.63) is 48.2 Å². The van der Waals surface area contributed by atoms with Gasteiger partial charge in [0.15, 0.2) is 5.82 Å². The first-order chi connectivity index (χ1) is 12.6. The molecule has 2 N–H and O–H groups in total. The molecular formula is C19H24N6O. The number of fused-ring (bicyclic) bond motifs is 2. The van der Waals surface area contributed by atoms with Crippen LogP contribution in [0.3, 0.4) is 0 Å². The van der Waals surface area contributed by atoms with Gasteiger partial charge in [0.2, 0.25) is 0 Å². The van der Waals surface area contributed by atoms with Gasteiger partial charge in [0.25, 0.3) is 0 Å². The van der Waals surface area contributed by atoms with Crippen molar-refractivity contribution in [2.24, 2.45) is 0 Å². The van der Waals surface area contributed by atoms with E-state index in [0.717, 1.165) is 36.6 Å². The van der Waals surface area contributed by atoms with Crippen molar-refractivity contribution in [3.8, 4) is 0 Å². The lowest BCUT2D eigenvalue weighted by Crippen LogP contribution is -2.59. The van der Waals surface area contributed by atoms with Crippen LogP contribution >= 0.6 is 0 Å². The second kappa shape index (κ2) is 6.93. The van der Waals surface area contributed by atoms with Crippen LogP contribution < -0.4 is 15.6 Å². The van der Waals surface area contributed by atoms with Crippen molar-refractivity contribution in [2.75, 3.05) is 36.9 Å². The number of para-hydroxylation sites is 1. The molecule has 0 radical (unpaired) electrons. The Balaban J connectivity index is 1.67. The number of pyridine rings is 1. The highest BCUT2D eigenvalue weighted by atomic mass is 16.2. The fraction of sp³-hybridized carbons (Fsp3) is 0.368. The summed E-state index contributed by atoms with van der Waals surface area (Å²) in [5.41, 5.74) is 5.87. The molecule has 1 unspecified atom stereocenters. The van der Waals surface area contributed by atoms with Gasteiger partial charge in [-0.2, -0.15) is 0 Å². The van der Waals surface area contributed by atoms with E-state index in [2.05, 4.69) is 34.6 Å². The predicted octanol–water partition coefficient (Wildman–Crippen LogP) is 2.41. The number of likely N-dealkylation sites (N-methyl/N-ethyl adjacent to an activating group) is 1. The first-order valence-corrected chi connectivity index (χ1v) is 8.96. The van der Waals surface area contributed by atoms with Crippen LogP contribution in [0.25, 0.3) is 0 Å². The number of aromatic nitrogens is 1. The number of anilines is 3. The van der Waals surface area contributed by atoms with Gasteiger partial charge in [-0.05, 0) is 37.7 Å². The third-order valence-electron chi connectivity index (χ3n) is 4.97. The van der Waals surface area contributed by atoms with E-state index in [9.17, 15) is 4.79 Å². The number of hydrogen-bond donors (Lipinski definition) is 2. The van der Waals surface area contributed by atoms with Gasteiger partial charge >= 0.3 is 6.03 Å². The molecule has 7 heteroatoms. The quantitative estimate of drug-likeness (QED) is 0.825. The molecule has 0 spiro atoms. The maximum absolute atomic E-state index is 13.3. The highest BCUT2D eigenvalue weighted by molar-refractivity contribution is 6.02. The Morgan fingerprint density at radius 3 is 2.92 bits per heavy atom. The molecule has 0 bridgehead atoms. The molecule has 1 aromatic heterocycles. The number of carbonyl (C=O) groups is 1. The summed E-state index contributed by atoms with van der Waals surface area (Å²) in [4.78, 5) is 21.7. The summed E-state index contributed by atoms with van der Waals surface area (Å²) >= 11 is 0. The van der Waals surface area contributed by atoms with E-state index in [1.165, 1.54) is 0 Å². The predicted molar refractivity (Wildman–Crippen MR) is 102 cm³/mol. The average Bonchev–Trinajstić information content (AvgIpc) is 2.81. The molecule has 3 heterocycles. The molecule has 0 aliphatic carbocycles. The van der Waals surface area contributed by atoms with Crippen molar-refractivity contribution in [1.29, 1.82) is 0 Å². The summed E-state index contributed by atoms with van der Waals surface area (Å²) in [6.07, 6.45) is 1.72. The van der Waals surface area contributed by atoms with Crippen molar-refractivity contribution >= 4 is 23.2 Å². The third-order valence-corrected chi connectivity index (χ3v) is 4.97. The Labute approximate surface area is 153 Å². The number of nitrogens with one attached hydrogen (secondary N) is 2. The molecule has 2 amide bonds. The number of hydrogen-bond acceptors (Lipinski definition) is 5. The summed E-state index contributed by atoms with van der Waals surface area (Å²) in [5, 5.41) is 5.40. The van der Waals surface area contributed by atoms with Gasteiger partial charge in [-0.25, -0.2) is 19.7 Å². The average molecular weight is 352 g/mol. The van der Waals surface area contributed by atoms with Crippen molar-refractivity contribution in [3.63, 3.8) is 0 Å². The second-order valence-corrected chi connectivity index (χ2v) is 6.91. The fourth-order valence-corrected chi connectivity index (χ4v) is 3.58.